The van der Waals surface area contributed by atoms with Crippen molar-refractivity contribution in [2.45, 2.75) is 19.3 Å². The molecule has 1 aromatic heterocycles. The number of para-hydroxylation sites is 5. The van der Waals surface area contributed by atoms with E-state index in [1.54, 1.807) is 0 Å². The molecule has 286 valence electrons. The summed E-state index contributed by atoms with van der Waals surface area (Å²) in [7, 11) is 0. The summed E-state index contributed by atoms with van der Waals surface area (Å²) in [6.07, 6.45) is 0. The average molecular weight is 770 g/mol. The maximum absolute atomic E-state index is 2.43. The zero-order chi connectivity index (χ0) is 40.2. The van der Waals surface area contributed by atoms with E-state index in [9.17, 15) is 0 Å². The number of rotatable bonds is 7. The highest BCUT2D eigenvalue weighted by Gasteiger charge is 2.36. The van der Waals surface area contributed by atoms with E-state index in [1.165, 1.54) is 72.2 Å². The smallest absolute Gasteiger partial charge is 0.0541 e. The van der Waals surface area contributed by atoms with Crippen molar-refractivity contribution in [1.29, 1.82) is 0 Å². The van der Waals surface area contributed by atoms with Gasteiger partial charge in [-0.15, -0.1) is 0 Å². The van der Waals surface area contributed by atoms with Crippen molar-refractivity contribution < 1.29 is 0 Å². The Balaban J connectivity index is 0.976. The van der Waals surface area contributed by atoms with Gasteiger partial charge >= 0.3 is 0 Å². The molecule has 0 saturated carbocycles. The standard InChI is InChI=1S/C57H43N3/c1-57(2)51-26-13-15-28-55(51)60(46-22-10-5-11-23-46)56-39-43(31-35-52(56)57)40-29-33-47(34-30-40)58(44-18-6-3-7-19-44)48-24-16-17-41(37-48)42-32-36-54-50(38-42)49-25-12-14-27-53(49)59(54)45-20-8-4-9-21-45/h3-39H,1-2H3. The summed E-state index contributed by atoms with van der Waals surface area (Å²) < 4.78 is 2.37. The predicted molar refractivity (Wildman–Crippen MR) is 253 cm³/mol. The fourth-order valence-corrected chi connectivity index (χ4v) is 9.41. The molecule has 0 atom stereocenters. The number of hydrogen-bond acceptors (Lipinski definition) is 2. The monoisotopic (exact) mass is 769 g/mol. The molecule has 0 spiro atoms. The molecule has 0 saturated heterocycles. The second kappa shape index (κ2) is 14.3. The van der Waals surface area contributed by atoms with Gasteiger partial charge in [-0.1, -0.05) is 147 Å². The SMILES string of the molecule is CC1(C)c2ccccc2N(c2ccccc2)c2cc(-c3ccc(N(c4ccccc4)c4cccc(-c5ccc6c(c5)c5ccccc5n6-c5ccccc5)c4)cc3)ccc21. The van der Waals surface area contributed by atoms with Crippen molar-refractivity contribution in [2.75, 3.05) is 9.80 Å². The van der Waals surface area contributed by atoms with Crippen LogP contribution in [0.5, 0.6) is 0 Å². The number of benzene rings is 9. The minimum absolute atomic E-state index is 0.142. The molecule has 1 aliphatic rings. The summed E-state index contributed by atoms with van der Waals surface area (Å²) in [5.41, 5.74) is 17.7. The molecule has 11 rings (SSSR count). The lowest BCUT2D eigenvalue weighted by atomic mass is 9.73. The molecule has 1 aliphatic heterocycles. The van der Waals surface area contributed by atoms with Crippen molar-refractivity contribution in [2.24, 2.45) is 0 Å². The Hall–Kier alpha value is -7.62. The Morgan fingerprint density at radius 2 is 0.900 bits per heavy atom. The van der Waals surface area contributed by atoms with Gasteiger partial charge < -0.3 is 14.4 Å². The minimum Gasteiger partial charge on any atom is -0.310 e. The summed E-state index contributed by atoms with van der Waals surface area (Å²) in [6, 6.07) is 81.5. The molecule has 0 fully saturated rings. The lowest BCUT2D eigenvalue weighted by molar-refractivity contribution is 0.632. The third kappa shape index (κ3) is 5.89. The van der Waals surface area contributed by atoms with E-state index in [1.807, 2.05) is 0 Å². The molecule has 10 aromatic rings. The van der Waals surface area contributed by atoms with Crippen LogP contribution >= 0.6 is 0 Å². The second-order valence-electron chi connectivity index (χ2n) is 16.2. The largest absolute Gasteiger partial charge is 0.310 e. The zero-order valence-corrected chi connectivity index (χ0v) is 33.7. The molecule has 0 amide bonds. The number of nitrogens with zero attached hydrogens (tertiary/aromatic N) is 3. The first-order valence-corrected chi connectivity index (χ1v) is 20.8. The van der Waals surface area contributed by atoms with Crippen LogP contribution in [0, 0.1) is 0 Å². The van der Waals surface area contributed by atoms with Gasteiger partial charge in [0.05, 0.1) is 22.4 Å². The number of fused-ring (bicyclic) bond motifs is 5. The molecule has 2 heterocycles. The van der Waals surface area contributed by atoms with Crippen molar-refractivity contribution in [3.05, 3.63) is 236 Å². The van der Waals surface area contributed by atoms with E-state index >= 15 is 0 Å². The average Bonchev–Trinajstić information content (AvgIpc) is 3.64. The van der Waals surface area contributed by atoms with Gasteiger partial charge in [-0.05, 0) is 124 Å². The van der Waals surface area contributed by atoms with E-state index in [0.717, 1.165) is 22.7 Å². The topological polar surface area (TPSA) is 11.4 Å². The summed E-state index contributed by atoms with van der Waals surface area (Å²) >= 11 is 0. The van der Waals surface area contributed by atoms with Crippen LogP contribution in [-0.2, 0) is 5.41 Å². The Morgan fingerprint density at radius 1 is 0.350 bits per heavy atom. The van der Waals surface area contributed by atoms with Crippen molar-refractivity contribution in [1.82, 2.24) is 4.57 Å². The maximum atomic E-state index is 2.43. The van der Waals surface area contributed by atoms with Crippen LogP contribution in [0.15, 0.2) is 224 Å². The molecule has 3 nitrogen and oxygen atoms in total. The summed E-state index contributed by atoms with van der Waals surface area (Å²) in [4.78, 5) is 4.79. The zero-order valence-electron chi connectivity index (χ0n) is 33.7. The van der Waals surface area contributed by atoms with E-state index in [4.69, 9.17) is 0 Å². The third-order valence-electron chi connectivity index (χ3n) is 12.3. The number of hydrogen-bond donors (Lipinski definition) is 0. The Morgan fingerprint density at radius 3 is 1.68 bits per heavy atom. The molecule has 0 radical (unpaired) electrons. The van der Waals surface area contributed by atoms with Crippen LogP contribution in [0.2, 0.25) is 0 Å². The fourth-order valence-electron chi connectivity index (χ4n) is 9.41. The van der Waals surface area contributed by atoms with E-state index in [2.05, 4.69) is 253 Å². The van der Waals surface area contributed by atoms with E-state index in [-0.39, 0.29) is 5.41 Å². The highest BCUT2D eigenvalue weighted by molar-refractivity contribution is 6.10. The normalized spacial score (nSPS) is 12.9. The first kappa shape index (κ1) is 35.5. The first-order valence-electron chi connectivity index (χ1n) is 20.8. The lowest BCUT2D eigenvalue weighted by Gasteiger charge is -2.42. The Bertz CT molecular complexity index is 3160. The highest BCUT2D eigenvalue weighted by atomic mass is 15.2. The molecule has 9 aromatic carbocycles. The molecule has 0 bridgehead atoms. The number of anilines is 6. The van der Waals surface area contributed by atoms with Crippen molar-refractivity contribution in [3.8, 4) is 27.9 Å². The quantitative estimate of drug-likeness (QED) is 0.160. The third-order valence-corrected chi connectivity index (χ3v) is 12.3. The Labute approximate surface area is 351 Å². The summed E-state index contributed by atoms with van der Waals surface area (Å²) in [5.74, 6) is 0. The van der Waals surface area contributed by atoms with Crippen LogP contribution in [0.3, 0.4) is 0 Å². The first-order chi connectivity index (χ1) is 29.5. The van der Waals surface area contributed by atoms with Gasteiger partial charge in [0.25, 0.3) is 0 Å². The van der Waals surface area contributed by atoms with Crippen molar-refractivity contribution >= 4 is 55.9 Å². The molecular formula is C57H43N3. The fraction of sp³-hybridized carbons (Fsp3) is 0.0526. The molecule has 60 heavy (non-hydrogen) atoms. The molecule has 0 N–H and O–H groups in total. The van der Waals surface area contributed by atoms with Crippen LogP contribution in [0.25, 0.3) is 49.7 Å². The molecular weight excluding hydrogens is 727 g/mol. The van der Waals surface area contributed by atoms with Crippen molar-refractivity contribution in [3.63, 3.8) is 0 Å². The second-order valence-corrected chi connectivity index (χ2v) is 16.2. The summed E-state index contributed by atoms with van der Waals surface area (Å²) in [6.45, 7) is 4.69. The molecule has 3 heteroatoms. The van der Waals surface area contributed by atoms with Gasteiger partial charge in [0.2, 0.25) is 0 Å². The van der Waals surface area contributed by atoms with E-state index < -0.39 is 0 Å². The number of aromatic nitrogens is 1. The van der Waals surface area contributed by atoms with Gasteiger partial charge in [-0.2, -0.15) is 0 Å². The van der Waals surface area contributed by atoms with Crippen LogP contribution in [-0.4, -0.2) is 4.57 Å². The minimum atomic E-state index is -0.142. The van der Waals surface area contributed by atoms with Gasteiger partial charge in [0, 0.05) is 44.6 Å². The summed E-state index contributed by atoms with van der Waals surface area (Å²) in [5, 5.41) is 2.50. The van der Waals surface area contributed by atoms with Crippen LogP contribution in [0.1, 0.15) is 25.0 Å². The van der Waals surface area contributed by atoms with Gasteiger partial charge in [0.15, 0.2) is 0 Å². The van der Waals surface area contributed by atoms with Gasteiger partial charge in [-0.3, -0.25) is 0 Å². The van der Waals surface area contributed by atoms with Crippen LogP contribution < -0.4 is 9.80 Å². The molecule has 0 aliphatic carbocycles. The predicted octanol–water partition coefficient (Wildman–Crippen LogP) is 15.7. The van der Waals surface area contributed by atoms with Crippen LogP contribution in [0.4, 0.5) is 34.1 Å². The van der Waals surface area contributed by atoms with E-state index in [0.29, 0.717) is 0 Å². The highest BCUT2D eigenvalue weighted by Crippen LogP contribution is 2.52. The van der Waals surface area contributed by atoms with Gasteiger partial charge in [0.1, 0.15) is 0 Å². The lowest BCUT2D eigenvalue weighted by Crippen LogP contribution is -2.30. The maximum Gasteiger partial charge on any atom is 0.0541 e. The van der Waals surface area contributed by atoms with Gasteiger partial charge in [-0.25, -0.2) is 0 Å². The Kier molecular flexibility index (Phi) is 8.49. The molecule has 0 unspecified atom stereocenters.